The monoisotopic (exact) mass is 268 g/mol. The minimum Gasteiger partial charge on any atom is -0.329 e. The first-order valence-electron chi connectivity index (χ1n) is 6.40. The summed E-state index contributed by atoms with van der Waals surface area (Å²) in [4.78, 5) is 0.375. The number of benzene rings is 1. The van der Waals surface area contributed by atoms with Crippen LogP contribution in [0.25, 0.3) is 0 Å². The van der Waals surface area contributed by atoms with Crippen LogP contribution in [0.2, 0.25) is 0 Å². The maximum Gasteiger partial charge on any atom is 0.243 e. The van der Waals surface area contributed by atoms with E-state index in [4.69, 9.17) is 5.73 Å². The fourth-order valence-corrected chi connectivity index (χ4v) is 4.10. The van der Waals surface area contributed by atoms with E-state index in [0.29, 0.717) is 18.0 Å². The fourth-order valence-electron chi connectivity index (χ4n) is 2.39. The highest BCUT2D eigenvalue weighted by atomic mass is 32.2. The van der Waals surface area contributed by atoms with Gasteiger partial charge in [0.25, 0.3) is 0 Å². The Balaban J connectivity index is 2.29. The first-order valence-corrected chi connectivity index (χ1v) is 7.84. The van der Waals surface area contributed by atoms with Crippen molar-refractivity contribution in [2.45, 2.75) is 37.1 Å². The number of nitrogens with two attached hydrogens (primary N) is 1. The minimum atomic E-state index is -3.37. The second-order valence-electron chi connectivity index (χ2n) is 4.65. The van der Waals surface area contributed by atoms with Gasteiger partial charge in [0.1, 0.15) is 0 Å². The highest BCUT2D eigenvalue weighted by Gasteiger charge is 2.34. The molecule has 18 heavy (non-hydrogen) atoms. The number of nitrogens with zero attached hydrogens (tertiary/aromatic N) is 1. The molecule has 0 aliphatic carbocycles. The molecule has 0 bridgehead atoms. The van der Waals surface area contributed by atoms with Gasteiger partial charge in [0, 0.05) is 19.1 Å². The van der Waals surface area contributed by atoms with E-state index < -0.39 is 10.0 Å². The molecule has 0 amide bonds. The maximum atomic E-state index is 12.5. The summed E-state index contributed by atoms with van der Waals surface area (Å²) in [5.41, 5.74) is 6.78. The predicted molar refractivity (Wildman–Crippen MR) is 71.8 cm³/mol. The van der Waals surface area contributed by atoms with Gasteiger partial charge < -0.3 is 5.73 Å². The van der Waals surface area contributed by atoms with Crippen LogP contribution in [0.1, 0.15) is 25.3 Å². The van der Waals surface area contributed by atoms with Crippen LogP contribution >= 0.6 is 0 Å². The van der Waals surface area contributed by atoms with Crippen molar-refractivity contribution in [2.75, 3.05) is 13.1 Å². The largest absolute Gasteiger partial charge is 0.329 e. The lowest BCUT2D eigenvalue weighted by molar-refractivity contribution is 0.393. The third-order valence-corrected chi connectivity index (χ3v) is 5.50. The Bertz CT molecular complexity index is 496. The van der Waals surface area contributed by atoms with Gasteiger partial charge in [-0.1, -0.05) is 19.1 Å². The van der Waals surface area contributed by atoms with E-state index >= 15 is 0 Å². The van der Waals surface area contributed by atoms with E-state index in [0.717, 1.165) is 24.8 Å². The zero-order chi connectivity index (χ0) is 13.2. The van der Waals surface area contributed by atoms with Gasteiger partial charge in [-0.25, -0.2) is 8.42 Å². The maximum absolute atomic E-state index is 12.5. The Hall–Kier alpha value is -0.910. The molecule has 1 heterocycles. The normalized spacial score (nSPS) is 21.3. The van der Waals surface area contributed by atoms with Crippen molar-refractivity contribution in [3.8, 4) is 0 Å². The molecule has 1 fully saturated rings. The average molecular weight is 268 g/mol. The van der Waals surface area contributed by atoms with Crippen molar-refractivity contribution in [3.63, 3.8) is 0 Å². The molecule has 0 radical (unpaired) electrons. The Kier molecular flexibility index (Phi) is 4.04. The first-order chi connectivity index (χ1) is 8.59. The molecule has 0 spiro atoms. The summed E-state index contributed by atoms with van der Waals surface area (Å²) in [5.74, 6) is 0. The van der Waals surface area contributed by atoms with E-state index in [2.05, 4.69) is 6.92 Å². The highest BCUT2D eigenvalue weighted by Crippen LogP contribution is 2.25. The number of hydrogen-bond acceptors (Lipinski definition) is 3. The summed E-state index contributed by atoms with van der Waals surface area (Å²) in [6, 6.07) is 7.10. The van der Waals surface area contributed by atoms with Gasteiger partial charge in [0.05, 0.1) is 4.90 Å². The lowest BCUT2D eigenvalue weighted by Gasteiger charge is -2.22. The van der Waals surface area contributed by atoms with Gasteiger partial charge in [0.15, 0.2) is 0 Å². The lowest BCUT2D eigenvalue weighted by atomic mass is 10.2. The molecule has 4 nitrogen and oxygen atoms in total. The Morgan fingerprint density at radius 1 is 1.33 bits per heavy atom. The molecule has 2 rings (SSSR count). The summed E-state index contributed by atoms with van der Waals surface area (Å²) in [7, 11) is -3.37. The smallest absolute Gasteiger partial charge is 0.243 e. The quantitative estimate of drug-likeness (QED) is 0.897. The summed E-state index contributed by atoms with van der Waals surface area (Å²) >= 11 is 0. The van der Waals surface area contributed by atoms with Crippen LogP contribution in [0.5, 0.6) is 0 Å². The Labute approximate surface area is 109 Å². The molecule has 1 aromatic rings. The Morgan fingerprint density at radius 3 is 2.56 bits per heavy atom. The van der Waals surface area contributed by atoms with Crippen molar-refractivity contribution in [2.24, 2.45) is 5.73 Å². The molecular formula is C13H20N2O2S. The molecule has 100 valence electrons. The average Bonchev–Trinajstić information content (AvgIpc) is 2.88. The topological polar surface area (TPSA) is 63.4 Å². The van der Waals surface area contributed by atoms with Gasteiger partial charge in [0.2, 0.25) is 10.0 Å². The fraction of sp³-hybridized carbons (Fsp3) is 0.538. The molecule has 1 saturated heterocycles. The second-order valence-corrected chi connectivity index (χ2v) is 6.54. The third-order valence-electron chi connectivity index (χ3n) is 3.53. The van der Waals surface area contributed by atoms with Gasteiger partial charge in [-0.3, -0.25) is 0 Å². The van der Waals surface area contributed by atoms with Crippen LogP contribution < -0.4 is 5.73 Å². The Morgan fingerprint density at radius 2 is 2.00 bits per heavy atom. The summed E-state index contributed by atoms with van der Waals surface area (Å²) < 4.78 is 26.5. The van der Waals surface area contributed by atoms with E-state index in [1.807, 2.05) is 12.1 Å². The number of rotatable bonds is 4. The van der Waals surface area contributed by atoms with Crippen LogP contribution in [0.15, 0.2) is 29.2 Å². The van der Waals surface area contributed by atoms with Crippen LogP contribution in [-0.2, 0) is 16.4 Å². The van der Waals surface area contributed by atoms with Gasteiger partial charge in [-0.2, -0.15) is 4.31 Å². The number of sulfonamides is 1. The van der Waals surface area contributed by atoms with Crippen LogP contribution in [0.4, 0.5) is 0 Å². The number of hydrogen-bond donors (Lipinski definition) is 1. The van der Waals surface area contributed by atoms with E-state index in [9.17, 15) is 8.42 Å². The molecule has 1 unspecified atom stereocenters. The van der Waals surface area contributed by atoms with Crippen molar-refractivity contribution >= 4 is 10.0 Å². The molecule has 1 atom stereocenters. The standard InChI is InChI=1S/C13H20N2O2S/c1-2-11-5-7-13(8-6-11)18(16,17)15-9-3-4-12(15)10-14/h5-8,12H,2-4,9-10,14H2,1H3. The molecular weight excluding hydrogens is 248 g/mol. The second kappa shape index (κ2) is 5.38. The summed E-state index contributed by atoms with van der Waals surface area (Å²) in [5, 5.41) is 0. The number of aryl methyl sites for hydroxylation is 1. The molecule has 1 aromatic carbocycles. The van der Waals surface area contributed by atoms with Gasteiger partial charge in [-0.15, -0.1) is 0 Å². The van der Waals surface area contributed by atoms with Crippen LogP contribution in [0, 0.1) is 0 Å². The molecule has 0 saturated carbocycles. The zero-order valence-corrected chi connectivity index (χ0v) is 11.5. The molecule has 1 aliphatic heterocycles. The van der Waals surface area contributed by atoms with E-state index in [1.165, 1.54) is 0 Å². The van der Waals surface area contributed by atoms with Crippen molar-refractivity contribution in [3.05, 3.63) is 29.8 Å². The lowest BCUT2D eigenvalue weighted by Crippen LogP contribution is -2.39. The molecule has 5 heteroatoms. The zero-order valence-electron chi connectivity index (χ0n) is 10.7. The van der Waals surface area contributed by atoms with E-state index in [-0.39, 0.29) is 6.04 Å². The van der Waals surface area contributed by atoms with Gasteiger partial charge in [-0.05, 0) is 37.0 Å². The van der Waals surface area contributed by atoms with Crippen LogP contribution in [-0.4, -0.2) is 31.9 Å². The molecule has 0 aromatic heterocycles. The minimum absolute atomic E-state index is 0.0409. The SMILES string of the molecule is CCc1ccc(S(=O)(=O)N2CCCC2CN)cc1. The summed E-state index contributed by atoms with van der Waals surface area (Å²) in [6.07, 6.45) is 2.67. The van der Waals surface area contributed by atoms with Gasteiger partial charge >= 0.3 is 0 Å². The molecule has 2 N–H and O–H groups in total. The van der Waals surface area contributed by atoms with Crippen molar-refractivity contribution < 1.29 is 8.42 Å². The summed E-state index contributed by atoms with van der Waals surface area (Å²) in [6.45, 7) is 3.03. The predicted octanol–water partition coefficient (Wildman–Crippen LogP) is 1.36. The third kappa shape index (κ3) is 2.43. The molecule has 1 aliphatic rings. The highest BCUT2D eigenvalue weighted by molar-refractivity contribution is 7.89. The van der Waals surface area contributed by atoms with Crippen molar-refractivity contribution in [1.82, 2.24) is 4.31 Å². The first kappa shape index (κ1) is 13.5. The van der Waals surface area contributed by atoms with Crippen molar-refractivity contribution in [1.29, 1.82) is 0 Å². The van der Waals surface area contributed by atoms with Crippen LogP contribution in [0.3, 0.4) is 0 Å². The van der Waals surface area contributed by atoms with E-state index in [1.54, 1.807) is 16.4 Å².